The van der Waals surface area contributed by atoms with E-state index >= 15 is 0 Å². The Bertz CT molecular complexity index is 696. The molecule has 3 rings (SSSR count). The number of aromatic amines is 1. The first-order valence-corrected chi connectivity index (χ1v) is 6.69. The van der Waals surface area contributed by atoms with Gasteiger partial charge >= 0.3 is 0 Å². The third-order valence-electron chi connectivity index (χ3n) is 3.84. The van der Waals surface area contributed by atoms with Gasteiger partial charge in [0.25, 0.3) is 0 Å². The molecule has 0 unspecified atom stereocenters. The molecule has 2 heterocycles. The van der Waals surface area contributed by atoms with E-state index < -0.39 is 0 Å². The highest BCUT2D eigenvalue weighted by Gasteiger charge is 2.12. The van der Waals surface area contributed by atoms with Gasteiger partial charge in [-0.25, -0.2) is 4.98 Å². The zero-order chi connectivity index (χ0) is 13.4. The van der Waals surface area contributed by atoms with Gasteiger partial charge in [0.15, 0.2) is 12.0 Å². The van der Waals surface area contributed by atoms with Crippen LogP contribution < -0.4 is 0 Å². The number of benzene rings is 1. The molecule has 4 heteroatoms. The van der Waals surface area contributed by atoms with Crippen molar-refractivity contribution in [1.82, 2.24) is 14.9 Å². The monoisotopic (exact) mass is 257 g/mol. The van der Waals surface area contributed by atoms with Crippen LogP contribution in [0.15, 0.2) is 29.1 Å². The normalized spacial score (nSPS) is 12.3. The standard InChI is InChI=1S/C15H19N3O/c1-10(2)18(3)7-6-11-8-16-12-4-5-13-15(14(11)12)17-9-19-13/h4-5,8-10,16H,6-7H2,1-3H3. The number of likely N-dealkylation sites (N-methyl/N-ethyl adjacent to an activating group) is 1. The fourth-order valence-corrected chi connectivity index (χ4v) is 2.37. The van der Waals surface area contributed by atoms with Crippen molar-refractivity contribution in [3.05, 3.63) is 30.3 Å². The highest BCUT2D eigenvalue weighted by atomic mass is 16.3. The van der Waals surface area contributed by atoms with Gasteiger partial charge in [-0.1, -0.05) is 0 Å². The number of oxazole rings is 1. The average Bonchev–Trinajstić information content (AvgIpc) is 3.01. The summed E-state index contributed by atoms with van der Waals surface area (Å²) in [6, 6.07) is 4.58. The predicted octanol–water partition coefficient (Wildman–Crippen LogP) is 3.19. The van der Waals surface area contributed by atoms with Crippen LogP contribution in [0.2, 0.25) is 0 Å². The molecule has 0 aliphatic carbocycles. The molecule has 0 bridgehead atoms. The number of nitrogens with one attached hydrogen (secondary N) is 1. The number of H-pyrrole nitrogens is 1. The van der Waals surface area contributed by atoms with E-state index in [1.807, 2.05) is 6.07 Å². The lowest BCUT2D eigenvalue weighted by atomic mass is 10.1. The summed E-state index contributed by atoms with van der Waals surface area (Å²) in [5.74, 6) is 0. The molecule has 19 heavy (non-hydrogen) atoms. The second-order valence-electron chi connectivity index (χ2n) is 5.33. The molecule has 0 spiro atoms. The molecule has 0 saturated heterocycles. The van der Waals surface area contributed by atoms with Gasteiger partial charge in [-0.2, -0.15) is 0 Å². The van der Waals surface area contributed by atoms with E-state index in [1.54, 1.807) is 0 Å². The molecule has 3 aromatic rings. The van der Waals surface area contributed by atoms with Crippen molar-refractivity contribution in [2.75, 3.05) is 13.6 Å². The van der Waals surface area contributed by atoms with Crippen LogP contribution in [0.1, 0.15) is 19.4 Å². The third kappa shape index (κ3) is 2.12. The lowest BCUT2D eigenvalue weighted by Gasteiger charge is -2.20. The first-order valence-electron chi connectivity index (χ1n) is 6.69. The maximum Gasteiger partial charge on any atom is 0.182 e. The highest BCUT2D eigenvalue weighted by molar-refractivity contribution is 6.04. The quantitative estimate of drug-likeness (QED) is 0.780. The molecule has 0 aliphatic heterocycles. The Labute approximate surface area is 112 Å². The van der Waals surface area contributed by atoms with E-state index in [0.29, 0.717) is 6.04 Å². The largest absolute Gasteiger partial charge is 0.443 e. The van der Waals surface area contributed by atoms with Crippen molar-refractivity contribution in [1.29, 1.82) is 0 Å². The maximum absolute atomic E-state index is 5.38. The first kappa shape index (κ1) is 12.2. The van der Waals surface area contributed by atoms with Gasteiger partial charge in [0.1, 0.15) is 5.52 Å². The van der Waals surface area contributed by atoms with Crippen molar-refractivity contribution < 1.29 is 4.42 Å². The highest BCUT2D eigenvalue weighted by Crippen LogP contribution is 2.27. The third-order valence-corrected chi connectivity index (χ3v) is 3.84. The van der Waals surface area contributed by atoms with Crippen molar-refractivity contribution in [3.63, 3.8) is 0 Å². The lowest BCUT2D eigenvalue weighted by molar-refractivity contribution is 0.278. The van der Waals surface area contributed by atoms with Gasteiger partial charge < -0.3 is 14.3 Å². The fraction of sp³-hybridized carbons (Fsp3) is 0.400. The van der Waals surface area contributed by atoms with Crippen LogP contribution in [-0.4, -0.2) is 34.5 Å². The second-order valence-corrected chi connectivity index (χ2v) is 5.33. The van der Waals surface area contributed by atoms with E-state index in [0.717, 1.165) is 29.6 Å². The van der Waals surface area contributed by atoms with Crippen LogP contribution in [0.5, 0.6) is 0 Å². The minimum absolute atomic E-state index is 0.567. The molecule has 0 aliphatic rings. The van der Waals surface area contributed by atoms with Gasteiger partial charge in [-0.15, -0.1) is 0 Å². The van der Waals surface area contributed by atoms with Crippen molar-refractivity contribution in [2.45, 2.75) is 26.3 Å². The number of hydrogen-bond acceptors (Lipinski definition) is 3. The molecule has 100 valence electrons. The topological polar surface area (TPSA) is 45.1 Å². The fourth-order valence-electron chi connectivity index (χ4n) is 2.37. The molecule has 0 fully saturated rings. The molecule has 0 amide bonds. The molecule has 1 aromatic carbocycles. The Morgan fingerprint density at radius 2 is 2.21 bits per heavy atom. The molecule has 0 radical (unpaired) electrons. The summed E-state index contributed by atoms with van der Waals surface area (Å²) in [5.41, 5.74) is 4.25. The van der Waals surface area contributed by atoms with Crippen LogP contribution in [0.4, 0.5) is 0 Å². The maximum atomic E-state index is 5.38. The molecule has 0 atom stereocenters. The van der Waals surface area contributed by atoms with Crippen LogP contribution >= 0.6 is 0 Å². The van der Waals surface area contributed by atoms with Crippen LogP contribution in [0, 0.1) is 0 Å². The number of rotatable bonds is 4. The molecule has 2 aromatic heterocycles. The summed E-state index contributed by atoms with van der Waals surface area (Å²) in [7, 11) is 2.16. The van der Waals surface area contributed by atoms with Gasteiger partial charge in [0.2, 0.25) is 0 Å². The summed E-state index contributed by atoms with van der Waals surface area (Å²) >= 11 is 0. The van der Waals surface area contributed by atoms with Crippen molar-refractivity contribution in [3.8, 4) is 0 Å². The molecular formula is C15H19N3O. The SMILES string of the molecule is CC(C)N(C)CCc1c[nH]c2ccc3ocnc3c12. The summed E-state index contributed by atoms with van der Waals surface area (Å²) < 4.78 is 5.38. The van der Waals surface area contributed by atoms with Crippen molar-refractivity contribution in [2.24, 2.45) is 0 Å². The minimum Gasteiger partial charge on any atom is -0.443 e. The second kappa shape index (κ2) is 4.70. The number of nitrogens with zero attached hydrogens (tertiary/aromatic N) is 2. The Balaban J connectivity index is 1.97. The van der Waals surface area contributed by atoms with Crippen LogP contribution in [0.3, 0.4) is 0 Å². The Hall–Kier alpha value is -1.81. The summed E-state index contributed by atoms with van der Waals surface area (Å²) in [5, 5.41) is 1.20. The summed E-state index contributed by atoms with van der Waals surface area (Å²) in [6.45, 7) is 5.47. The van der Waals surface area contributed by atoms with Gasteiger partial charge in [-0.3, -0.25) is 0 Å². The summed E-state index contributed by atoms with van der Waals surface area (Å²) in [6.07, 6.45) is 4.62. The zero-order valence-electron chi connectivity index (χ0n) is 11.6. The van der Waals surface area contributed by atoms with E-state index in [1.165, 1.54) is 17.3 Å². The first-order chi connectivity index (χ1) is 9.16. The van der Waals surface area contributed by atoms with E-state index in [9.17, 15) is 0 Å². The Morgan fingerprint density at radius 3 is 3.00 bits per heavy atom. The molecular weight excluding hydrogens is 238 g/mol. The number of aromatic nitrogens is 2. The number of fused-ring (bicyclic) bond motifs is 3. The summed E-state index contributed by atoms with van der Waals surface area (Å²) in [4.78, 5) is 10.0. The Morgan fingerprint density at radius 1 is 1.37 bits per heavy atom. The van der Waals surface area contributed by atoms with Gasteiger partial charge in [-0.05, 0) is 45.0 Å². The van der Waals surface area contributed by atoms with Crippen LogP contribution in [-0.2, 0) is 6.42 Å². The van der Waals surface area contributed by atoms with E-state index in [2.05, 4.69) is 48.0 Å². The lowest BCUT2D eigenvalue weighted by Crippen LogP contribution is -2.28. The average molecular weight is 257 g/mol. The zero-order valence-corrected chi connectivity index (χ0v) is 11.6. The van der Waals surface area contributed by atoms with E-state index in [4.69, 9.17) is 4.42 Å². The molecule has 0 saturated carbocycles. The van der Waals surface area contributed by atoms with E-state index in [-0.39, 0.29) is 0 Å². The van der Waals surface area contributed by atoms with Crippen molar-refractivity contribution >= 4 is 22.0 Å². The molecule has 1 N–H and O–H groups in total. The van der Waals surface area contributed by atoms with Gasteiger partial charge in [0.05, 0.1) is 0 Å². The molecule has 4 nitrogen and oxygen atoms in total. The Kier molecular flexibility index (Phi) is 3.03. The number of hydrogen-bond donors (Lipinski definition) is 1. The van der Waals surface area contributed by atoms with Gasteiger partial charge in [0, 0.05) is 29.7 Å². The predicted molar refractivity (Wildman–Crippen MR) is 77.3 cm³/mol. The van der Waals surface area contributed by atoms with Crippen LogP contribution in [0.25, 0.3) is 22.0 Å². The minimum atomic E-state index is 0.567. The smallest absolute Gasteiger partial charge is 0.182 e.